The SMILES string of the molecule is CC1CC(C)CN(C(=O)COC(=O)c2ccc(-c3ncc[nH]3)cc2)C1. The van der Waals surface area contributed by atoms with Crippen LogP contribution in [0.3, 0.4) is 0 Å². The minimum Gasteiger partial charge on any atom is -0.452 e. The average molecular weight is 341 g/mol. The predicted octanol–water partition coefficient (Wildman–Crippen LogP) is 2.74. The number of carbonyl (C=O) groups is 2. The summed E-state index contributed by atoms with van der Waals surface area (Å²) in [7, 11) is 0. The summed E-state index contributed by atoms with van der Waals surface area (Å²) in [6.07, 6.45) is 4.54. The molecule has 1 aliphatic heterocycles. The first kappa shape index (κ1) is 17.2. The van der Waals surface area contributed by atoms with E-state index < -0.39 is 5.97 Å². The number of rotatable bonds is 4. The fraction of sp³-hybridized carbons (Fsp3) is 0.421. The molecule has 132 valence electrons. The largest absolute Gasteiger partial charge is 0.452 e. The Hall–Kier alpha value is -2.63. The molecule has 1 fully saturated rings. The number of benzene rings is 1. The Morgan fingerprint density at radius 1 is 1.20 bits per heavy atom. The van der Waals surface area contributed by atoms with Crippen molar-refractivity contribution in [3.63, 3.8) is 0 Å². The predicted molar refractivity (Wildman–Crippen MR) is 93.8 cm³/mol. The van der Waals surface area contributed by atoms with Gasteiger partial charge in [-0.05, 0) is 30.4 Å². The summed E-state index contributed by atoms with van der Waals surface area (Å²) in [5.41, 5.74) is 1.30. The van der Waals surface area contributed by atoms with Gasteiger partial charge >= 0.3 is 5.97 Å². The van der Waals surface area contributed by atoms with Gasteiger partial charge in [0.1, 0.15) is 5.82 Å². The van der Waals surface area contributed by atoms with Crippen LogP contribution in [0, 0.1) is 11.8 Å². The van der Waals surface area contributed by atoms with E-state index in [2.05, 4.69) is 23.8 Å². The van der Waals surface area contributed by atoms with Crippen LogP contribution in [-0.4, -0.2) is 46.4 Å². The van der Waals surface area contributed by atoms with Crippen LogP contribution >= 0.6 is 0 Å². The normalized spacial score (nSPS) is 20.3. The Bertz CT molecular complexity index is 715. The topological polar surface area (TPSA) is 75.3 Å². The van der Waals surface area contributed by atoms with Gasteiger partial charge in [0.05, 0.1) is 5.56 Å². The van der Waals surface area contributed by atoms with E-state index in [1.165, 1.54) is 0 Å². The van der Waals surface area contributed by atoms with Gasteiger partial charge in [0.15, 0.2) is 6.61 Å². The first-order valence-electron chi connectivity index (χ1n) is 8.57. The molecule has 2 atom stereocenters. The molecule has 6 nitrogen and oxygen atoms in total. The third-order valence-corrected chi connectivity index (χ3v) is 4.44. The number of carbonyl (C=O) groups excluding carboxylic acids is 2. The Kier molecular flexibility index (Phi) is 5.16. The first-order valence-corrected chi connectivity index (χ1v) is 8.57. The second-order valence-corrected chi connectivity index (χ2v) is 6.84. The maximum Gasteiger partial charge on any atom is 0.338 e. The summed E-state index contributed by atoms with van der Waals surface area (Å²) in [6.45, 7) is 5.54. The number of nitrogens with zero attached hydrogens (tertiary/aromatic N) is 2. The van der Waals surface area contributed by atoms with Crippen molar-refractivity contribution in [3.05, 3.63) is 42.2 Å². The summed E-state index contributed by atoms with van der Waals surface area (Å²) >= 11 is 0. The molecule has 1 amide bonds. The highest BCUT2D eigenvalue weighted by Crippen LogP contribution is 2.21. The molecule has 1 aromatic heterocycles. The van der Waals surface area contributed by atoms with Gasteiger partial charge < -0.3 is 14.6 Å². The lowest BCUT2D eigenvalue weighted by Crippen LogP contribution is -2.44. The fourth-order valence-corrected chi connectivity index (χ4v) is 3.36. The second-order valence-electron chi connectivity index (χ2n) is 6.84. The Balaban J connectivity index is 1.54. The van der Waals surface area contributed by atoms with E-state index in [1.807, 2.05) is 0 Å². The van der Waals surface area contributed by atoms with Crippen molar-refractivity contribution >= 4 is 11.9 Å². The lowest BCUT2D eigenvalue weighted by molar-refractivity contribution is -0.137. The van der Waals surface area contributed by atoms with Crippen LogP contribution in [0.15, 0.2) is 36.7 Å². The summed E-state index contributed by atoms with van der Waals surface area (Å²) in [6, 6.07) is 6.95. The van der Waals surface area contributed by atoms with E-state index in [0.29, 0.717) is 17.4 Å². The molecule has 2 aromatic rings. The van der Waals surface area contributed by atoms with Crippen LogP contribution in [0.5, 0.6) is 0 Å². The van der Waals surface area contributed by atoms with E-state index in [-0.39, 0.29) is 12.5 Å². The summed E-state index contributed by atoms with van der Waals surface area (Å²) < 4.78 is 5.19. The molecule has 2 heterocycles. The van der Waals surface area contributed by atoms with Crippen molar-refractivity contribution in [2.45, 2.75) is 20.3 Å². The number of H-pyrrole nitrogens is 1. The standard InChI is InChI=1S/C19H23N3O3/c1-13-9-14(2)11-22(10-13)17(23)12-25-19(24)16-5-3-15(4-6-16)18-20-7-8-21-18/h3-8,13-14H,9-12H2,1-2H3,(H,20,21). The van der Waals surface area contributed by atoms with Crippen LogP contribution in [0.2, 0.25) is 0 Å². The monoisotopic (exact) mass is 341 g/mol. The highest BCUT2D eigenvalue weighted by Gasteiger charge is 2.26. The van der Waals surface area contributed by atoms with Crippen LogP contribution in [0.1, 0.15) is 30.6 Å². The molecule has 1 saturated heterocycles. The van der Waals surface area contributed by atoms with Crippen LogP contribution in [-0.2, 0) is 9.53 Å². The van der Waals surface area contributed by atoms with Crippen LogP contribution < -0.4 is 0 Å². The third-order valence-electron chi connectivity index (χ3n) is 4.44. The number of aromatic amines is 1. The number of hydrogen-bond acceptors (Lipinski definition) is 4. The number of amides is 1. The van der Waals surface area contributed by atoms with E-state index in [9.17, 15) is 9.59 Å². The van der Waals surface area contributed by atoms with E-state index >= 15 is 0 Å². The zero-order chi connectivity index (χ0) is 17.8. The van der Waals surface area contributed by atoms with Crippen molar-refractivity contribution in [3.8, 4) is 11.4 Å². The number of hydrogen-bond donors (Lipinski definition) is 1. The molecule has 0 radical (unpaired) electrons. The molecule has 6 heteroatoms. The number of esters is 1. The number of nitrogens with one attached hydrogen (secondary N) is 1. The average Bonchev–Trinajstić information content (AvgIpc) is 3.13. The van der Waals surface area contributed by atoms with Crippen LogP contribution in [0.4, 0.5) is 0 Å². The highest BCUT2D eigenvalue weighted by molar-refractivity contribution is 5.91. The molecular formula is C19H23N3O3. The van der Waals surface area contributed by atoms with Crippen molar-refractivity contribution in [1.82, 2.24) is 14.9 Å². The van der Waals surface area contributed by atoms with Crippen molar-refractivity contribution < 1.29 is 14.3 Å². The molecule has 0 aliphatic carbocycles. The third kappa shape index (κ3) is 4.26. The fourth-order valence-electron chi connectivity index (χ4n) is 3.36. The lowest BCUT2D eigenvalue weighted by Gasteiger charge is -2.34. The van der Waals surface area contributed by atoms with Crippen molar-refractivity contribution in [2.24, 2.45) is 11.8 Å². The minimum atomic E-state index is -0.488. The van der Waals surface area contributed by atoms with Gasteiger partial charge in [-0.25, -0.2) is 9.78 Å². The summed E-state index contributed by atoms with van der Waals surface area (Å²) in [4.78, 5) is 33.4. The van der Waals surface area contributed by atoms with Crippen molar-refractivity contribution in [1.29, 1.82) is 0 Å². The molecule has 1 aromatic carbocycles. The molecule has 25 heavy (non-hydrogen) atoms. The van der Waals surface area contributed by atoms with Gasteiger partial charge in [-0.1, -0.05) is 26.0 Å². The molecule has 1 N–H and O–H groups in total. The number of ether oxygens (including phenoxy) is 1. The summed E-state index contributed by atoms with van der Waals surface area (Å²) in [5, 5.41) is 0. The summed E-state index contributed by atoms with van der Waals surface area (Å²) in [5.74, 6) is 1.09. The number of likely N-dealkylation sites (tertiary alicyclic amines) is 1. The van der Waals surface area contributed by atoms with E-state index in [0.717, 1.165) is 30.9 Å². The smallest absolute Gasteiger partial charge is 0.338 e. The van der Waals surface area contributed by atoms with Gasteiger partial charge in [-0.2, -0.15) is 0 Å². The van der Waals surface area contributed by atoms with Gasteiger partial charge in [-0.3, -0.25) is 4.79 Å². The van der Waals surface area contributed by atoms with Crippen LogP contribution in [0.25, 0.3) is 11.4 Å². The second kappa shape index (κ2) is 7.51. The molecular weight excluding hydrogens is 318 g/mol. The van der Waals surface area contributed by atoms with Gasteiger partial charge in [0, 0.05) is 31.0 Å². The Morgan fingerprint density at radius 2 is 1.88 bits per heavy atom. The molecule has 3 rings (SSSR count). The van der Waals surface area contributed by atoms with E-state index in [4.69, 9.17) is 4.74 Å². The Labute approximate surface area is 147 Å². The molecule has 0 saturated carbocycles. The zero-order valence-corrected chi connectivity index (χ0v) is 14.6. The highest BCUT2D eigenvalue weighted by atomic mass is 16.5. The van der Waals surface area contributed by atoms with Gasteiger partial charge in [0.25, 0.3) is 5.91 Å². The lowest BCUT2D eigenvalue weighted by atomic mass is 9.92. The number of piperidine rings is 1. The van der Waals surface area contributed by atoms with E-state index in [1.54, 1.807) is 41.6 Å². The maximum absolute atomic E-state index is 12.3. The molecule has 2 unspecified atom stereocenters. The maximum atomic E-state index is 12.3. The first-order chi connectivity index (χ1) is 12.0. The van der Waals surface area contributed by atoms with Gasteiger partial charge in [-0.15, -0.1) is 0 Å². The quantitative estimate of drug-likeness (QED) is 0.868. The molecule has 0 spiro atoms. The number of aromatic nitrogens is 2. The van der Waals surface area contributed by atoms with Crippen molar-refractivity contribution in [2.75, 3.05) is 19.7 Å². The Morgan fingerprint density at radius 3 is 2.48 bits per heavy atom. The minimum absolute atomic E-state index is 0.126. The number of imidazole rings is 1. The molecule has 0 bridgehead atoms. The molecule has 1 aliphatic rings. The van der Waals surface area contributed by atoms with Gasteiger partial charge in [0.2, 0.25) is 0 Å². The zero-order valence-electron chi connectivity index (χ0n) is 14.6.